The van der Waals surface area contributed by atoms with Crippen molar-refractivity contribution in [1.29, 1.82) is 0 Å². The molecule has 0 rings (SSSR count). The highest BCUT2D eigenvalue weighted by molar-refractivity contribution is 5.71. The number of carbonyl (C=O) groups is 3. The maximum atomic E-state index is 12.9. The summed E-state index contributed by atoms with van der Waals surface area (Å²) in [5.41, 5.74) is 0. The molecule has 0 saturated carbocycles. The first kappa shape index (κ1) is 72.4. The maximum absolute atomic E-state index is 12.9. The molecule has 0 aromatic heterocycles. The van der Waals surface area contributed by atoms with Gasteiger partial charge in [-0.2, -0.15) is 0 Å². The van der Waals surface area contributed by atoms with Gasteiger partial charge in [-0.15, -0.1) is 0 Å². The number of hydrogen-bond acceptors (Lipinski definition) is 6. The molecule has 0 aromatic rings. The van der Waals surface area contributed by atoms with Gasteiger partial charge >= 0.3 is 17.9 Å². The average molecular weight is 1050 g/mol. The SMILES string of the molecule is CCCCCCCCCCCCCCC(=O)OC[C@H](COC(=O)CCCCCCCCCCCCCCCCCCCCC(C)CC)OC(=O)CCCCCCCCCCCCCCCCCCCCC(C)CC. The fourth-order valence-electron chi connectivity index (χ4n) is 10.6. The van der Waals surface area contributed by atoms with Crippen molar-refractivity contribution in [2.75, 3.05) is 13.2 Å². The highest BCUT2D eigenvalue weighted by atomic mass is 16.6. The lowest BCUT2D eigenvalue weighted by Crippen LogP contribution is -2.30. The molecular formula is C68H132O6. The van der Waals surface area contributed by atoms with E-state index in [2.05, 4.69) is 34.6 Å². The summed E-state index contributed by atoms with van der Waals surface area (Å²) in [6.07, 6.45) is 68.2. The minimum absolute atomic E-state index is 0.0615. The third kappa shape index (κ3) is 58.1. The van der Waals surface area contributed by atoms with E-state index < -0.39 is 6.10 Å². The Balaban J connectivity index is 4.21. The van der Waals surface area contributed by atoms with Gasteiger partial charge in [0.2, 0.25) is 0 Å². The van der Waals surface area contributed by atoms with Gasteiger partial charge in [-0.3, -0.25) is 14.4 Å². The molecule has 6 nitrogen and oxygen atoms in total. The fraction of sp³-hybridized carbons (Fsp3) is 0.956. The summed E-state index contributed by atoms with van der Waals surface area (Å²) in [6, 6.07) is 0. The molecule has 440 valence electrons. The molecule has 0 aliphatic rings. The molecule has 0 saturated heterocycles. The van der Waals surface area contributed by atoms with Crippen LogP contribution in [0.2, 0.25) is 0 Å². The molecular weight excluding hydrogens is 913 g/mol. The quantitative estimate of drug-likeness (QED) is 0.0343. The molecule has 0 aromatic carbocycles. The predicted molar refractivity (Wildman–Crippen MR) is 321 cm³/mol. The molecule has 0 amide bonds. The van der Waals surface area contributed by atoms with Gasteiger partial charge in [0.05, 0.1) is 0 Å². The predicted octanol–water partition coefficient (Wildman–Crippen LogP) is 22.8. The van der Waals surface area contributed by atoms with Crippen molar-refractivity contribution in [2.24, 2.45) is 11.8 Å². The summed E-state index contributed by atoms with van der Waals surface area (Å²) in [5, 5.41) is 0. The zero-order valence-corrected chi connectivity index (χ0v) is 51.0. The van der Waals surface area contributed by atoms with Crippen LogP contribution >= 0.6 is 0 Å². The Hall–Kier alpha value is -1.59. The van der Waals surface area contributed by atoms with Gasteiger partial charge in [0, 0.05) is 19.3 Å². The van der Waals surface area contributed by atoms with Gasteiger partial charge in [0.15, 0.2) is 6.10 Å². The number of esters is 3. The van der Waals surface area contributed by atoms with Crippen molar-refractivity contribution in [2.45, 2.75) is 394 Å². The van der Waals surface area contributed by atoms with Crippen molar-refractivity contribution >= 4 is 17.9 Å². The van der Waals surface area contributed by atoms with E-state index in [-0.39, 0.29) is 31.1 Å². The summed E-state index contributed by atoms with van der Waals surface area (Å²) in [7, 11) is 0. The third-order valence-electron chi connectivity index (χ3n) is 16.4. The van der Waals surface area contributed by atoms with Crippen LogP contribution in [0.3, 0.4) is 0 Å². The van der Waals surface area contributed by atoms with Crippen molar-refractivity contribution in [3.63, 3.8) is 0 Å². The van der Waals surface area contributed by atoms with Crippen LogP contribution in [-0.2, 0) is 28.6 Å². The first-order chi connectivity index (χ1) is 36.3. The normalized spacial score (nSPS) is 12.8. The lowest BCUT2D eigenvalue weighted by Gasteiger charge is -2.18. The second-order valence-electron chi connectivity index (χ2n) is 23.9. The van der Waals surface area contributed by atoms with Crippen LogP contribution in [0, 0.1) is 11.8 Å². The average Bonchev–Trinajstić information content (AvgIpc) is 3.40. The van der Waals surface area contributed by atoms with Gasteiger partial charge in [-0.25, -0.2) is 0 Å². The zero-order chi connectivity index (χ0) is 53.9. The second-order valence-corrected chi connectivity index (χ2v) is 23.9. The molecule has 0 N–H and O–H groups in total. The minimum Gasteiger partial charge on any atom is -0.462 e. The van der Waals surface area contributed by atoms with E-state index in [1.54, 1.807) is 0 Å². The molecule has 3 atom stereocenters. The number of unbranched alkanes of at least 4 members (excludes halogenated alkanes) is 45. The monoisotopic (exact) mass is 1050 g/mol. The zero-order valence-electron chi connectivity index (χ0n) is 51.0. The maximum Gasteiger partial charge on any atom is 0.306 e. The van der Waals surface area contributed by atoms with Crippen LogP contribution in [0.15, 0.2) is 0 Å². The smallest absolute Gasteiger partial charge is 0.306 e. The van der Waals surface area contributed by atoms with Crippen molar-refractivity contribution in [3.05, 3.63) is 0 Å². The van der Waals surface area contributed by atoms with Crippen LogP contribution in [-0.4, -0.2) is 37.2 Å². The third-order valence-corrected chi connectivity index (χ3v) is 16.4. The number of rotatable bonds is 62. The van der Waals surface area contributed by atoms with Gasteiger partial charge in [0.25, 0.3) is 0 Å². The van der Waals surface area contributed by atoms with E-state index in [4.69, 9.17) is 14.2 Å². The number of ether oxygens (including phenoxy) is 3. The second kappa shape index (κ2) is 60.6. The standard InChI is InChI=1S/C68H132O6/c1-6-9-10-11-12-13-14-33-38-43-48-53-58-66(69)72-61-65(74-68(71)60-55-50-45-40-35-30-26-22-18-16-20-24-28-32-37-42-47-52-57-64(5)8-3)62-73-67(70)59-54-49-44-39-34-29-25-21-17-15-19-23-27-31-36-41-46-51-56-63(4)7-2/h63-65H,6-62H2,1-5H3/t63?,64?,65-/m1/s1. The van der Waals surface area contributed by atoms with Crippen LogP contribution < -0.4 is 0 Å². The van der Waals surface area contributed by atoms with Gasteiger partial charge in [-0.1, -0.05) is 349 Å². The molecule has 0 bridgehead atoms. The Labute approximate surface area is 463 Å². The van der Waals surface area contributed by atoms with Gasteiger partial charge in [0.1, 0.15) is 13.2 Å². The van der Waals surface area contributed by atoms with E-state index in [1.807, 2.05) is 0 Å². The van der Waals surface area contributed by atoms with Crippen LogP contribution in [0.1, 0.15) is 388 Å². The summed E-state index contributed by atoms with van der Waals surface area (Å²) in [5.74, 6) is 0.991. The minimum atomic E-state index is -0.764. The topological polar surface area (TPSA) is 78.9 Å². The Morgan fingerprint density at radius 1 is 0.270 bits per heavy atom. The van der Waals surface area contributed by atoms with Crippen LogP contribution in [0.25, 0.3) is 0 Å². The molecule has 74 heavy (non-hydrogen) atoms. The Morgan fingerprint density at radius 2 is 0.473 bits per heavy atom. The van der Waals surface area contributed by atoms with Gasteiger partial charge < -0.3 is 14.2 Å². The van der Waals surface area contributed by atoms with Crippen molar-refractivity contribution < 1.29 is 28.6 Å². The van der Waals surface area contributed by atoms with E-state index in [1.165, 1.54) is 276 Å². The first-order valence-electron chi connectivity index (χ1n) is 33.8. The largest absolute Gasteiger partial charge is 0.462 e. The number of hydrogen-bond donors (Lipinski definition) is 0. The molecule has 6 heteroatoms. The van der Waals surface area contributed by atoms with Crippen molar-refractivity contribution in [3.8, 4) is 0 Å². The lowest BCUT2D eigenvalue weighted by atomic mass is 9.99. The van der Waals surface area contributed by atoms with Crippen LogP contribution in [0.5, 0.6) is 0 Å². The molecule has 0 aliphatic heterocycles. The van der Waals surface area contributed by atoms with E-state index in [0.29, 0.717) is 19.3 Å². The highest BCUT2D eigenvalue weighted by Crippen LogP contribution is 2.20. The Kier molecular flexibility index (Phi) is 59.3. The Morgan fingerprint density at radius 3 is 0.703 bits per heavy atom. The molecule has 0 radical (unpaired) electrons. The van der Waals surface area contributed by atoms with Crippen molar-refractivity contribution in [1.82, 2.24) is 0 Å². The molecule has 0 heterocycles. The number of carbonyl (C=O) groups excluding carboxylic acids is 3. The summed E-state index contributed by atoms with van der Waals surface area (Å²) < 4.78 is 17.0. The fourth-order valence-corrected chi connectivity index (χ4v) is 10.6. The molecule has 2 unspecified atom stereocenters. The van der Waals surface area contributed by atoms with E-state index in [0.717, 1.165) is 69.6 Å². The molecule has 0 fully saturated rings. The summed E-state index contributed by atoms with van der Waals surface area (Å²) in [6.45, 7) is 11.5. The highest BCUT2D eigenvalue weighted by Gasteiger charge is 2.20. The lowest BCUT2D eigenvalue weighted by molar-refractivity contribution is -0.167. The van der Waals surface area contributed by atoms with Crippen LogP contribution in [0.4, 0.5) is 0 Å². The summed E-state index contributed by atoms with van der Waals surface area (Å²) >= 11 is 0. The van der Waals surface area contributed by atoms with E-state index >= 15 is 0 Å². The first-order valence-corrected chi connectivity index (χ1v) is 33.8. The Bertz CT molecular complexity index is 1140. The summed E-state index contributed by atoms with van der Waals surface area (Å²) in [4.78, 5) is 38.3. The molecule has 0 aliphatic carbocycles. The molecule has 0 spiro atoms. The van der Waals surface area contributed by atoms with Gasteiger partial charge in [-0.05, 0) is 31.1 Å². The van der Waals surface area contributed by atoms with E-state index in [9.17, 15) is 14.4 Å².